The van der Waals surface area contributed by atoms with Gasteiger partial charge in [0.2, 0.25) is 0 Å². The lowest BCUT2D eigenvalue weighted by molar-refractivity contribution is 0.0696. The van der Waals surface area contributed by atoms with Crippen LogP contribution in [-0.2, 0) is 22.9 Å². The summed E-state index contributed by atoms with van der Waals surface area (Å²) in [6.45, 7) is 0. The Morgan fingerprint density at radius 1 is 1.09 bits per heavy atom. The first-order valence-corrected chi connectivity index (χ1v) is 9.32. The quantitative estimate of drug-likeness (QED) is 0.830. The van der Waals surface area contributed by atoms with Crippen LogP contribution in [0.2, 0.25) is 0 Å². The third-order valence-corrected chi connectivity index (χ3v) is 5.90. The molecule has 0 spiro atoms. The number of hydrogen-bond donors (Lipinski definition) is 2. The van der Waals surface area contributed by atoms with E-state index in [0.717, 1.165) is 24.8 Å². The highest BCUT2D eigenvalue weighted by atomic mass is 79.9. The first-order valence-electron chi connectivity index (χ1n) is 7.04. The maximum atomic E-state index is 12.5. The number of aromatic carboxylic acids is 1. The standard InChI is InChI=1S/C16H14BrNO4S/c17-15-7-5-12(9-14(15)16(19)20)18-23(21,22)13-6-4-10-2-1-3-11(10)8-13/h4-9,18H,1-3H2,(H,19,20). The number of nitrogens with one attached hydrogen (secondary N) is 1. The van der Waals surface area contributed by atoms with Crippen LogP contribution in [-0.4, -0.2) is 19.5 Å². The van der Waals surface area contributed by atoms with Gasteiger partial charge in [-0.15, -0.1) is 0 Å². The van der Waals surface area contributed by atoms with Crippen LogP contribution in [0.1, 0.15) is 27.9 Å². The van der Waals surface area contributed by atoms with Crippen LogP contribution >= 0.6 is 15.9 Å². The van der Waals surface area contributed by atoms with Crippen molar-refractivity contribution in [1.29, 1.82) is 0 Å². The Morgan fingerprint density at radius 2 is 1.83 bits per heavy atom. The molecule has 0 amide bonds. The lowest BCUT2D eigenvalue weighted by Crippen LogP contribution is -2.14. The van der Waals surface area contributed by atoms with Crippen molar-refractivity contribution in [3.05, 3.63) is 57.6 Å². The second-order valence-electron chi connectivity index (χ2n) is 5.39. The minimum Gasteiger partial charge on any atom is -0.478 e. The minimum absolute atomic E-state index is 0.000784. The van der Waals surface area contributed by atoms with E-state index in [1.165, 1.54) is 23.8 Å². The number of carbonyl (C=O) groups is 1. The molecule has 0 unspecified atom stereocenters. The first kappa shape index (κ1) is 16.0. The van der Waals surface area contributed by atoms with Gasteiger partial charge >= 0.3 is 5.97 Å². The van der Waals surface area contributed by atoms with Gasteiger partial charge in [0.05, 0.1) is 10.5 Å². The topological polar surface area (TPSA) is 83.5 Å². The summed E-state index contributed by atoms with van der Waals surface area (Å²) in [5, 5.41) is 9.10. The average molecular weight is 396 g/mol. The Bertz CT molecular complexity index is 893. The number of sulfonamides is 1. The van der Waals surface area contributed by atoms with E-state index in [0.29, 0.717) is 4.47 Å². The van der Waals surface area contributed by atoms with Gasteiger partial charge in [-0.3, -0.25) is 4.72 Å². The smallest absolute Gasteiger partial charge is 0.336 e. The van der Waals surface area contributed by atoms with Crippen molar-refractivity contribution in [2.45, 2.75) is 24.2 Å². The minimum atomic E-state index is -3.75. The number of rotatable bonds is 4. The summed E-state index contributed by atoms with van der Waals surface area (Å²) in [5.41, 5.74) is 2.47. The molecular weight excluding hydrogens is 382 g/mol. The first-order chi connectivity index (χ1) is 10.9. The summed E-state index contributed by atoms with van der Waals surface area (Å²) in [4.78, 5) is 11.3. The molecule has 5 nitrogen and oxygen atoms in total. The van der Waals surface area contributed by atoms with E-state index in [1.807, 2.05) is 6.07 Å². The zero-order chi connectivity index (χ0) is 16.6. The van der Waals surface area contributed by atoms with Crippen molar-refractivity contribution < 1.29 is 18.3 Å². The molecule has 2 aromatic carbocycles. The molecule has 2 N–H and O–H groups in total. The van der Waals surface area contributed by atoms with Gasteiger partial charge in [0.25, 0.3) is 10.0 Å². The van der Waals surface area contributed by atoms with Gasteiger partial charge in [-0.2, -0.15) is 0 Å². The molecule has 7 heteroatoms. The van der Waals surface area contributed by atoms with Crippen molar-refractivity contribution in [1.82, 2.24) is 0 Å². The van der Waals surface area contributed by atoms with Crippen molar-refractivity contribution in [3.63, 3.8) is 0 Å². The van der Waals surface area contributed by atoms with E-state index >= 15 is 0 Å². The van der Waals surface area contributed by atoms with E-state index in [4.69, 9.17) is 5.11 Å². The number of aryl methyl sites for hydroxylation is 2. The fourth-order valence-corrected chi connectivity index (χ4v) is 4.20. The number of benzene rings is 2. The Morgan fingerprint density at radius 3 is 2.57 bits per heavy atom. The molecule has 0 saturated carbocycles. The Hall–Kier alpha value is -1.86. The van der Waals surface area contributed by atoms with Crippen molar-refractivity contribution in [3.8, 4) is 0 Å². The molecule has 0 heterocycles. The van der Waals surface area contributed by atoms with Crippen LogP contribution in [0.4, 0.5) is 5.69 Å². The third kappa shape index (κ3) is 3.25. The number of anilines is 1. The van der Waals surface area contributed by atoms with E-state index in [1.54, 1.807) is 12.1 Å². The predicted molar refractivity (Wildman–Crippen MR) is 90.4 cm³/mol. The molecule has 0 aliphatic heterocycles. The predicted octanol–water partition coefficient (Wildman–Crippen LogP) is 3.44. The second kappa shape index (κ2) is 5.98. The van der Waals surface area contributed by atoms with Gasteiger partial charge in [-0.1, -0.05) is 6.07 Å². The lowest BCUT2D eigenvalue weighted by atomic mass is 10.1. The van der Waals surface area contributed by atoms with Crippen LogP contribution in [0.5, 0.6) is 0 Å². The summed E-state index contributed by atoms with van der Waals surface area (Å²) in [6, 6.07) is 9.44. The summed E-state index contributed by atoms with van der Waals surface area (Å²) < 4.78 is 27.8. The largest absolute Gasteiger partial charge is 0.478 e. The number of hydrogen-bond acceptors (Lipinski definition) is 3. The average Bonchev–Trinajstić information content (AvgIpc) is 2.96. The molecule has 3 rings (SSSR count). The normalized spacial score (nSPS) is 13.6. The highest BCUT2D eigenvalue weighted by Crippen LogP contribution is 2.27. The molecule has 0 aromatic heterocycles. The SMILES string of the molecule is O=C(O)c1cc(NS(=O)(=O)c2ccc3c(c2)CCC3)ccc1Br. The number of carboxylic acids is 1. The van der Waals surface area contributed by atoms with E-state index in [2.05, 4.69) is 20.7 Å². The van der Waals surface area contributed by atoms with Gasteiger partial charge in [-0.05, 0) is 76.7 Å². The van der Waals surface area contributed by atoms with Crippen LogP contribution in [0, 0.1) is 0 Å². The molecule has 1 aliphatic rings. The molecule has 23 heavy (non-hydrogen) atoms. The van der Waals surface area contributed by atoms with Crippen LogP contribution in [0.3, 0.4) is 0 Å². The molecule has 0 bridgehead atoms. The van der Waals surface area contributed by atoms with E-state index in [9.17, 15) is 13.2 Å². The Kier molecular flexibility index (Phi) is 4.16. The maximum Gasteiger partial charge on any atom is 0.336 e. The summed E-state index contributed by atoms with van der Waals surface area (Å²) in [6.07, 6.45) is 2.92. The van der Waals surface area contributed by atoms with Crippen LogP contribution in [0.25, 0.3) is 0 Å². The van der Waals surface area contributed by atoms with Gasteiger partial charge < -0.3 is 5.11 Å². The molecule has 0 radical (unpaired) electrons. The second-order valence-corrected chi connectivity index (χ2v) is 7.93. The molecular formula is C16H14BrNO4S. The Balaban J connectivity index is 1.92. The van der Waals surface area contributed by atoms with Gasteiger partial charge in [0, 0.05) is 10.2 Å². The summed E-state index contributed by atoms with van der Waals surface area (Å²) in [5.74, 6) is -1.13. The fourth-order valence-electron chi connectivity index (χ4n) is 2.68. The van der Waals surface area contributed by atoms with Crippen LogP contribution < -0.4 is 4.72 Å². The molecule has 0 atom stereocenters. The summed E-state index contributed by atoms with van der Waals surface area (Å²) in [7, 11) is -3.75. The Labute approximate surface area is 142 Å². The molecule has 1 aliphatic carbocycles. The molecule has 0 saturated heterocycles. The highest BCUT2D eigenvalue weighted by Gasteiger charge is 2.19. The highest BCUT2D eigenvalue weighted by molar-refractivity contribution is 9.10. The number of halogens is 1. The molecule has 0 fully saturated rings. The van der Waals surface area contributed by atoms with Crippen LogP contribution in [0.15, 0.2) is 45.8 Å². The van der Waals surface area contributed by atoms with Gasteiger partial charge in [0.15, 0.2) is 0 Å². The van der Waals surface area contributed by atoms with Gasteiger partial charge in [0.1, 0.15) is 0 Å². The van der Waals surface area contributed by atoms with Crippen molar-refractivity contribution in [2.24, 2.45) is 0 Å². The fraction of sp³-hybridized carbons (Fsp3) is 0.188. The summed E-state index contributed by atoms with van der Waals surface area (Å²) >= 11 is 3.13. The zero-order valence-corrected chi connectivity index (χ0v) is 14.4. The van der Waals surface area contributed by atoms with E-state index < -0.39 is 16.0 Å². The monoisotopic (exact) mass is 395 g/mol. The molecule has 120 valence electrons. The molecule has 2 aromatic rings. The zero-order valence-electron chi connectivity index (χ0n) is 12.0. The van der Waals surface area contributed by atoms with Crippen molar-refractivity contribution >= 4 is 37.6 Å². The third-order valence-electron chi connectivity index (χ3n) is 3.83. The number of fused-ring (bicyclic) bond motifs is 1. The van der Waals surface area contributed by atoms with Crippen molar-refractivity contribution in [2.75, 3.05) is 4.72 Å². The maximum absolute atomic E-state index is 12.5. The van der Waals surface area contributed by atoms with Gasteiger partial charge in [-0.25, -0.2) is 13.2 Å². The lowest BCUT2D eigenvalue weighted by Gasteiger charge is -2.11. The van der Waals surface area contributed by atoms with E-state index in [-0.39, 0.29) is 16.1 Å². The number of carboxylic acid groups (broad SMARTS) is 1.